The van der Waals surface area contributed by atoms with E-state index in [4.69, 9.17) is 5.11 Å². The predicted molar refractivity (Wildman–Crippen MR) is 51.4 cm³/mol. The van der Waals surface area contributed by atoms with E-state index in [1.54, 1.807) is 20.8 Å². The van der Waals surface area contributed by atoms with E-state index >= 15 is 0 Å². The molecule has 0 saturated heterocycles. The average molecular weight is 211 g/mol. The van der Waals surface area contributed by atoms with E-state index in [0.717, 1.165) is 0 Å². The molecule has 1 aromatic heterocycles. The summed E-state index contributed by atoms with van der Waals surface area (Å²) < 4.78 is 1.23. The van der Waals surface area contributed by atoms with Crippen molar-refractivity contribution in [1.82, 2.24) is 15.0 Å². The lowest BCUT2D eigenvalue weighted by Gasteiger charge is -2.15. The molecule has 6 nitrogen and oxygen atoms in total. The number of Topliss-reactive ketones (excluding diaryl/α,β-unsaturated/α-hetero) is 1. The van der Waals surface area contributed by atoms with Crippen LogP contribution in [-0.2, 0) is 11.3 Å². The second-order valence-electron chi connectivity index (χ2n) is 4.28. The van der Waals surface area contributed by atoms with Gasteiger partial charge in [0.15, 0.2) is 11.5 Å². The minimum Gasteiger partial charge on any atom is -0.476 e. The Bertz CT molecular complexity index is 390. The second-order valence-corrected chi connectivity index (χ2v) is 4.28. The Balaban J connectivity index is 2.74. The van der Waals surface area contributed by atoms with Gasteiger partial charge >= 0.3 is 5.97 Å². The topological polar surface area (TPSA) is 85.1 Å². The van der Waals surface area contributed by atoms with Gasteiger partial charge in [-0.2, -0.15) is 0 Å². The van der Waals surface area contributed by atoms with Gasteiger partial charge in [-0.25, -0.2) is 9.48 Å². The van der Waals surface area contributed by atoms with E-state index in [9.17, 15) is 9.59 Å². The van der Waals surface area contributed by atoms with E-state index < -0.39 is 11.4 Å². The van der Waals surface area contributed by atoms with Crippen LogP contribution < -0.4 is 0 Å². The Morgan fingerprint density at radius 2 is 2.07 bits per heavy atom. The molecular formula is C9H13N3O3. The molecular weight excluding hydrogens is 198 g/mol. The smallest absolute Gasteiger partial charge is 0.358 e. The van der Waals surface area contributed by atoms with Crippen LogP contribution in [0, 0.1) is 5.41 Å². The summed E-state index contributed by atoms with van der Waals surface area (Å²) in [6, 6.07) is 0. The number of hydrogen-bond acceptors (Lipinski definition) is 4. The number of nitrogens with zero attached hydrogens (tertiary/aromatic N) is 3. The highest BCUT2D eigenvalue weighted by Gasteiger charge is 2.22. The number of aromatic carboxylic acids is 1. The van der Waals surface area contributed by atoms with Crippen molar-refractivity contribution in [3.63, 3.8) is 0 Å². The lowest BCUT2D eigenvalue weighted by atomic mass is 9.91. The molecule has 6 heteroatoms. The van der Waals surface area contributed by atoms with E-state index in [-0.39, 0.29) is 18.0 Å². The number of rotatable bonds is 3. The summed E-state index contributed by atoms with van der Waals surface area (Å²) in [5, 5.41) is 15.6. The van der Waals surface area contributed by atoms with Crippen molar-refractivity contribution in [2.45, 2.75) is 27.3 Å². The fraction of sp³-hybridized carbons (Fsp3) is 0.556. The van der Waals surface area contributed by atoms with Crippen molar-refractivity contribution in [3.05, 3.63) is 11.9 Å². The zero-order valence-corrected chi connectivity index (χ0v) is 8.89. The van der Waals surface area contributed by atoms with Gasteiger partial charge in [0.05, 0.1) is 6.20 Å². The molecule has 0 atom stereocenters. The van der Waals surface area contributed by atoms with Gasteiger partial charge in [-0.3, -0.25) is 4.79 Å². The first kappa shape index (κ1) is 11.4. The first-order valence-electron chi connectivity index (χ1n) is 4.47. The van der Waals surface area contributed by atoms with Gasteiger partial charge in [0.2, 0.25) is 0 Å². The molecule has 0 saturated carbocycles. The molecule has 0 aliphatic heterocycles. The summed E-state index contributed by atoms with van der Waals surface area (Å²) in [6.07, 6.45) is 1.24. The second kappa shape index (κ2) is 3.80. The van der Waals surface area contributed by atoms with Crippen LogP contribution in [0.1, 0.15) is 31.3 Å². The van der Waals surface area contributed by atoms with Crippen LogP contribution in [0.2, 0.25) is 0 Å². The number of carboxylic acid groups (broad SMARTS) is 1. The van der Waals surface area contributed by atoms with Crippen LogP contribution in [0.4, 0.5) is 0 Å². The van der Waals surface area contributed by atoms with Gasteiger partial charge in [-0.05, 0) is 0 Å². The highest BCUT2D eigenvalue weighted by atomic mass is 16.4. The molecule has 0 fully saturated rings. The quantitative estimate of drug-likeness (QED) is 0.790. The molecule has 0 aliphatic rings. The Morgan fingerprint density at radius 3 is 2.47 bits per heavy atom. The standard InChI is InChI=1S/C9H13N3O3/c1-9(2,3)7(13)5-12-4-6(8(14)15)10-11-12/h4H,5H2,1-3H3,(H,14,15). The number of aromatic nitrogens is 3. The Labute approximate surface area is 86.9 Å². The molecule has 1 rings (SSSR count). The van der Waals surface area contributed by atoms with Crippen LogP contribution >= 0.6 is 0 Å². The minimum atomic E-state index is -1.15. The number of carbonyl (C=O) groups is 2. The van der Waals surface area contributed by atoms with Gasteiger partial charge in [0.1, 0.15) is 6.54 Å². The molecule has 0 aliphatic carbocycles. The summed E-state index contributed by atoms with van der Waals surface area (Å²) in [6.45, 7) is 5.43. The van der Waals surface area contributed by atoms with Gasteiger partial charge in [0, 0.05) is 5.41 Å². The van der Waals surface area contributed by atoms with Crippen molar-refractivity contribution in [2.75, 3.05) is 0 Å². The maximum absolute atomic E-state index is 11.6. The van der Waals surface area contributed by atoms with Crippen LogP contribution in [0.25, 0.3) is 0 Å². The van der Waals surface area contributed by atoms with Crippen LogP contribution in [0.5, 0.6) is 0 Å². The summed E-state index contributed by atoms with van der Waals surface area (Å²) >= 11 is 0. The minimum absolute atomic E-state index is 0.0238. The third-order valence-electron chi connectivity index (χ3n) is 1.90. The highest BCUT2D eigenvalue weighted by Crippen LogP contribution is 2.15. The molecule has 0 bridgehead atoms. The molecule has 1 N–H and O–H groups in total. The summed E-state index contributed by atoms with van der Waals surface area (Å²) in [4.78, 5) is 22.1. The van der Waals surface area contributed by atoms with Gasteiger partial charge < -0.3 is 5.11 Å². The van der Waals surface area contributed by atoms with E-state index in [1.165, 1.54) is 10.9 Å². The number of carboxylic acids is 1. The van der Waals surface area contributed by atoms with E-state index in [1.807, 2.05) is 0 Å². The summed E-state index contributed by atoms with van der Waals surface area (Å²) in [7, 11) is 0. The number of ketones is 1. The van der Waals surface area contributed by atoms with E-state index in [2.05, 4.69) is 10.3 Å². The predicted octanol–water partition coefficient (Wildman–Crippen LogP) is 0.591. The zero-order chi connectivity index (χ0) is 11.6. The molecule has 1 heterocycles. The molecule has 1 aromatic rings. The summed E-state index contributed by atoms with van der Waals surface area (Å²) in [5.41, 5.74) is -0.619. The Morgan fingerprint density at radius 1 is 1.47 bits per heavy atom. The first-order chi connectivity index (χ1) is 6.80. The molecule has 0 spiro atoms. The molecule has 0 unspecified atom stereocenters. The molecule has 0 radical (unpaired) electrons. The Hall–Kier alpha value is -1.72. The fourth-order valence-electron chi connectivity index (χ4n) is 0.858. The molecule has 0 aromatic carbocycles. The van der Waals surface area contributed by atoms with Gasteiger partial charge in [-0.1, -0.05) is 26.0 Å². The maximum atomic E-state index is 11.6. The van der Waals surface area contributed by atoms with Crippen molar-refractivity contribution in [3.8, 4) is 0 Å². The largest absolute Gasteiger partial charge is 0.476 e. The Kier molecular flexibility index (Phi) is 2.88. The first-order valence-corrected chi connectivity index (χ1v) is 4.47. The van der Waals surface area contributed by atoms with Crippen LogP contribution in [0.15, 0.2) is 6.20 Å². The van der Waals surface area contributed by atoms with Gasteiger partial charge in [0.25, 0.3) is 0 Å². The summed E-state index contributed by atoms with van der Waals surface area (Å²) in [5.74, 6) is -1.17. The SMILES string of the molecule is CC(C)(C)C(=O)Cn1cc(C(=O)O)nn1. The lowest BCUT2D eigenvalue weighted by Crippen LogP contribution is -2.25. The highest BCUT2D eigenvalue weighted by molar-refractivity contribution is 5.85. The van der Waals surface area contributed by atoms with Crippen molar-refractivity contribution in [2.24, 2.45) is 5.41 Å². The third-order valence-corrected chi connectivity index (χ3v) is 1.90. The monoisotopic (exact) mass is 211 g/mol. The molecule has 15 heavy (non-hydrogen) atoms. The van der Waals surface area contributed by atoms with Crippen molar-refractivity contribution in [1.29, 1.82) is 0 Å². The number of carbonyl (C=O) groups excluding carboxylic acids is 1. The maximum Gasteiger partial charge on any atom is 0.358 e. The molecule has 0 amide bonds. The lowest BCUT2D eigenvalue weighted by molar-refractivity contribution is -0.127. The van der Waals surface area contributed by atoms with Crippen LogP contribution in [-0.4, -0.2) is 31.9 Å². The fourth-order valence-corrected chi connectivity index (χ4v) is 0.858. The zero-order valence-electron chi connectivity index (χ0n) is 8.89. The van der Waals surface area contributed by atoms with E-state index in [0.29, 0.717) is 0 Å². The number of hydrogen-bond donors (Lipinski definition) is 1. The molecule has 82 valence electrons. The average Bonchev–Trinajstić information content (AvgIpc) is 2.50. The normalized spacial score (nSPS) is 11.4. The third kappa shape index (κ3) is 2.87. The van der Waals surface area contributed by atoms with Gasteiger partial charge in [-0.15, -0.1) is 5.10 Å². The van der Waals surface area contributed by atoms with Crippen molar-refractivity contribution < 1.29 is 14.7 Å². The van der Waals surface area contributed by atoms with Crippen LogP contribution in [0.3, 0.4) is 0 Å². The van der Waals surface area contributed by atoms with Crippen molar-refractivity contribution >= 4 is 11.8 Å².